The molecule has 6 aromatic rings. The van der Waals surface area contributed by atoms with E-state index in [0.717, 1.165) is 11.3 Å². The predicted octanol–water partition coefficient (Wildman–Crippen LogP) is 7.35. The Morgan fingerprint density at radius 1 is 0.656 bits per heavy atom. The van der Waals surface area contributed by atoms with Crippen molar-refractivity contribution in [3.8, 4) is 0 Å². The van der Waals surface area contributed by atoms with Crippen LogP contribution in [0.4, 0.5) is 0 Å². The number of aryl methyl sites for hydroxylation is 1. The molecule has 0 bridgehead atoms. The molecule has 32 heavy (non-hydrogen) atoms. The van der Waals surface area contributed by atoms with Crippen LogP contribution in [0.3, 0.4) is 0 Å². The van der Waals surface area contributed by atoms with Crippen molar-refractivity contribution in [1.82, 2.24) is 9.38 Å². The molecule has 0 spiro atoms. The van der Waals surface area contributed by atoms with E-state index >= 15 is 0 Å². The van der Waals surface area contributed by atoms with E-state index in [1.54, 1.807) is 0 Å². The number of aromatic nitrogens is 2. The number of hydrogen-bond acceptors (Lipinski definition) is 2. The summed E-state index contributed by atoms with van der Waals surface area (Å²) in [5, 5.41) is 4.97. The van der Waals surface area contributed by atoms with Crippen LogP contribution < -0.4 is 0 Å². The molecule has 4 aromatic carbocycles. The third kappa shape index (κ3) is 2.19. The van der Waals surface area contributed by atoms with Gasteiger partial charge in [-0.2, -0.15) is 0 Å². The van der Waals surface area contributed by atoms with E-state index in [1.165, 1.54) is 43.4 Å². The predicted molar refractivity (Wildman–Crippen MR) is 134 cm³/mol. The van der Waals surface area contributed by atoms with Gasteiger partial charge in [-0.05, 0) is 23.4 Å². The first-order valence-electron chi connectivity index (χ1n) is 10.9. The van der Waals surface area contributed by atoms with Crippen molar-refractivity contribution in [3.05, 3.63) is 126 Å². The van der Waals surface area contributed by atoms with Gasteiger partial charge in [0, 0.05) is 16.3 Å². The highest BCUT2D eigenvalue weighted by molar-refractivity contribution is 8.00. The molecule has 1 aliphatic rings. The molecule has 0 unspecified atom stereocenters. The maximum absolute atomic E-state index is 5.09. The third-order valence-electron chi connectivity index (χ3n) is 6.71. The van der Waals surface area contributed by atoms with Crippen LogP contribution in [0.5, 0.6) is 0 Å². The maximum Gasteiger partial charge on any atom is 0.146 e. The van der Waals surface area contributed by atoms with E-state index < -0.39 is 0 Å². The fraction of sp³-hybridized carbons (Fsp3) is 0.0690. The van der Waals surface area contributed by atoms with Gasteiger partial charge in [0.2, 0.25) is 0 Å². The summed E-state index contributed by atoms with van der Waals surface area (Å²) in [5.74, 6) is 0. The largest absolute Gasteiger partial charge is 0.286 e. The summed E-state index contributed by atoms with van der Waals surface area (Å²) in [4.78, 5) is 5.09. The summed E-state index contributed by atoms with van der Waals surface area (Å²) in [5.41, 5.74) is 7.30. The van der Waals surface area contributed by atoms with Crippen molar-refractivity contribution in [2.45, 2.75) is 16.7 Å². The highest BCUT2D eigenvalue weighted by atomic mass is 32.2. The van der Waals surface area contributed by atoms with Crippen LogP contribution >= 0.6 is 11.8 Å². The Hall–Kier alpha value is -3.56. The maximum atomic E-state index is 5.09. The van der Waals surface area contributed by atoms with Gasteiger partial charge < -0.3 is 0 Å². The Morgan fingerprint density at radius 2 is 1.25 bits per heavy atom. The first kappa shape index (κ1) is 18.1. The summed E-state index contributed by atoms with van der Waals surface area (Å²) in [6.07, 6.45) is 0. The molecule has 0 aliphatic carbocycles. The molecule has 0 saturated heterocycles. The van der Waals surface area contributed by atoms with Crippen LogP contribution in [0.2, 0.25) is 0 Å². The van der Waals surface area contributed by atoms with E-state index in [-0.39, 0.29) is 4.75 Å². The molecule has 2 aromatic heterocycles. The Balaban J connectivity index is 1.75. The highest BCUT2D eigenvalue weighted by Crippen LogP contribution is 2.57. The Morgan fingerprint density at radius 3 is 1.94 bits per heavy atom. The van der Waals surface area contributed by atoms with Crippen LogP contribution in [0.1, 0.15) is 22.4 Å². The number of pyridine rings is 1. The van der Waals surface area contributed by atoms with Crippen molar-refractivity contribution < 1.29 is 0 Å². The van der Waals surface area contributed by atoms with Crippen LogP contribution in [0.25, 0.3) is 27.3 Å². The number of rotatable bonds is 2. The lowest BCUT2D eigenvalue weighted by molar-refractivity contribution is 0.865. The molecular formula is C29H20N2S. The summed E-state index contributed by atoms with van der Waals surface area (Å²) in [7, 11) is 0. The van der Waals surface area contributed by atoms with E-state index in [9.17, 15) is 0 Å². The fourth-order valence-corrected chi connectivity index (χ4v) is 6.90. The smallest absolute Gasteiger partial charge is 0.146 e. The van der Waals surface area contributed by atoms with Crippen molar-refractivity contribution in [2.75, 3.05) is 0 Å². The molecule has 0 amide bonds. The van der Waals surface area contributed by atoms with E-state index in [2.05, 4.69) is 114 Å². The number of thioether (sulfide) groups is 1. The number of hydrogen-bond donors (Lipinski definition) is 0. The lowest BCUT2D eigenvalue weighted by Gasteiger charge is -2.39. The van der Waals surface area contributed by atoms with Gasteiger partial charge in [-0.25, -0.2) is 4.98 Å². The summed E-state index contributed by atoms with van der Waals surface area (Å²) in [6.45, 7) is 2.14. The van der Waals surface area contributed by atoms with Gasteiger partial charge in [0.05, 0.1) is 16.0 Å². The van der Waals surface area contributed by atoms with Gasteiger partial charge in [0.1, 0.15) is 10.7 Å². The average molecular weight is 429 g/mol. The Kier molecular flexibility index (Phi) is 3.65. The number of fused-ring (bicyclic) bond motifs is 3. The van der Waals surface area contributed by atoms with Crippen LogP contribution in [0, 0.1) is 6.92 Å². The minimum Gasteiger partial charge on any atom is -0.286 e. The zero-order chi connectivity index (χ0) is 21.3. The molecule has 0 saturated carbocycles. The van der Waals surface area contributed by atoms with Crippen molar-refractivity contribution in [2.24, 2.45) is 0 Å². The van der Waals surface area contributed by atoms with Gasteiger partial charge in [0.15, 0.2) is 0 Å². The highest BCUT2D eigenvalue weighted by Gasteiger charge is 2.43. The topological polar surface area (TPSA) is 17.3 Å². The van der Waals surface area contributed by atoms with Crippen molar-refractivity contribution in [1.29, 1.82) is 0 Å². The van der Waals surface area contributed by atoms with Crippen molar-refractivity contribution >= 4 is 39.1 Å². The molecule has 0 radical (unpaired) electrons. The second-order valence-corrected chi connectivity index (χ2v) is 9.63. The summed E-state index contributed by atoms with van der Waals surface area (Å²) >= 11 is 1.92. The molecule has 3 heterocycles. The molecule has 1 aliphatic heterocycles. The van der Waals surface area contributed by atoms with Gasteiger partial charge in [-0.1, -0.05) is 115 Å². The van der Waals surface area contributed by atoms with Gasteiger partial charge in [-0.3, -0.25) is 4.40 Å². The Labute approximate surface area is 190 Å². The van der Waals surface area contributed by atoms with Gasteiger partial charge in [-0.15, -0.1) is 0 Å². The van der Waals surface area contributed by atoms with E-state index in [0.29, 0.717) is 0 Å². The first-order valence-corrected chi connectivity index (χ1v) is 11.7. The lowest BCUT2D eigenvalue weighted by atomic mass is 9.82. The quantitative estimate of drug-likeness (QED) is 0.268. The second-order valence-electron chi connectivity index (χ2n) is 8.42. The van der Waals surface area contributed by atoms with Crippen LogP contribution in [0.15, 0.2) is 108 Å². The molecule has 3 heteroatoms. The summed E-state index contributed by atoms with van der Waals surface area (Å²) in [6, 6.07) is 37.3. The lowest BCUT2D eigenvalue weighted by Crippen LogP contribution is -2.29. The molecule has 0 fully saturated rings. The molecule has 0 atom stereocenters. The SMILES string of the molecule is Cc1nc2c3ccccc3c3cccc4c3n2c1SC4(c1ccccc1)c1ccccc1. The van der Waals surface area contributed by atoms with E-state index in [4.69, 9.17) is 4.98 Å². The minimum absolute atomic E-state index is 0.349. The Bertz CT molecular complexity index is 1610. The number of nitrogens with zero attached hydrogens (tertiary/aromatic N) is 2. The summed E-state index contributed by atoms with van der Waals surface area (Å²) < 4.78 is 2.05. The number of benzene rings is 4. The normalized spacial score (nSPS) is 14.5. The first-order chi connectivity index (χ1) is 15.8. The number of imidazole rings is 1. The third-order valence-corrected chi connectivity index (χ3v) is 8.37. The minimum atomic E-state index is -0.349. The zero-order valence-electron chi connectivity index (χ0n) is 17.6. The molecule has 2 nitrogen and oxygen atoms in total. The van der Waals surface area contributed by atoms with E-state index in [1.807, 2.05) is 11.8 Å². The van der Waals surface area contributed by atoms with Crippen LogP contribution in [-0.2, 0) is 4.75 Å². The average Bonchev–Trinajstić information content (AvgIpc) is 3.20. The monoisotopic (exact) mass is 428 g/mol. The van der Waals surface area contributed by atoms with Crippen LogP contribution in [-0.4, -0.2) is 9.38 Å². The fourth-order valence-electron chi connectivity index (χ4n) is 5.36. The zero-order valence-corrected chi connectivity index (χ0v) is 18.4. The molecular weight excluding hydrogens is 408 g/mol. The molecule has 7 rings (SSSR count). The molecule has 0 N–H and O–H groups in total. The van der Waals surface area contributed by atoms with Gasteiger partial charge >= 0.3 is 0 Å². The van der Waals surface area contributed by atoms with Crippen molar-refractivity contribution in [3.63, 3.8) is 0 Å². The standard InChI is InChI=1S/C29H20N2S/c1-19-28-31-26-23(22-15-8-9-16-24(22)27(31)30-19)17-10-18-25(26)29(32-28,20-11-4-2-5-12-20)21-13-6-3-7-14-21/h2-18H,1H3. The second kappa shape index (κ2) is 6.47. The number of para-hydroxylation sites is 1. The van der Waals surface area contributed by atoms with Gasteiger partial charge in [0.25, 0.3) is 0 Å². The molecule has 152 valence electrons.